The highest BCUT2D eigenvalue weighted by Gasteiger charge is 2.42. The molecule has 8 atom stereocenters. The standard InChI is InChI=1S/C41H48F3N7O6.C34H40N6O3.C8H11F3O4/c1-4-7-30(48-39(54)56-2)37(52)51-21-6-9-35(51)36-46-24-33(47-36)28-16-14-26(15-17-28)25-10-12-27(13-11-25)29-22-32(45-23-29)34-8-5-20-50(34)38(53)31(49-40(55)57-3)18-19-41(42,43)44;1-3-6-28(39-34(42)43-2)33(41)40-18-5-8-31(40)32-37-21-30(38-32)25-15-13-23(14-16-25)22-9-11-24(12-10-22)26-19-29(36-20-26)27-7-4-17-35-27;1-15-6(12)4-5(7(13)14)2-3-8(9,10)11/h10-17,23-24,30-31,34-35H,4-9,18-22H2,1-3H3,(H,46,47)(H,48,54)(H,49,55);9-16,20-21,27-28,31,35H,3-8,17-19H2,1-2H3,(H,37,38)(H,39,42);5H,2-4H2,1H3,(H,13,14)/t30-,31-,34-,35-;27-,28-,31-;/m00./s1. The van der Waals surface area contributed by atoms with Crippen molar-refractivity contribution in [3.8, 4) is 44.8 Å². The molecule has 0 aliphatic carbocycles. The fraction of sp³-hybridized carbons (Fsp3) is 0.470. The van der Waals surface area contributed by atoms with E-state index in [2.05, 4.69) is 104 Å². The molecule has 0 saturated carbocycles. The Hall–Kier alpha value is -11.2. The lowest BCUT2D eigenvalue weighted by Gasteiger charge is -2.29. The van der Waals surface area contributed by atoms with Crippen LogP contribution >= 0.6 is 0 Å². The number of aromatic amines is 2. The van der Waals surface area contributed by atoms with E-state index in [1.165, 1.54) is 54.4 Å². The van der Waals surface area contributed by atoms with Crippen molar-refractivity contribution < 1.29 is 88.8 Å². The lowest BCUT2D eigenvalue weighted by molar-refractivity contribution is -0.155. The maximum Gasteiger partial charge on any atom is 0.407 e. The molecule has 1 unspecified atom stereocenters. The molecule has 7 N–H and O–H groups in total. The minimum atomic E-state index is -4.48. The number of likely N-dealkylation sites (tertiary alicyclic amines) is 3. The second-order valence-corrected chi connectivity index (χ2v) is 29.1. The fourth-order valence-corrected chi connectivity index (χ4v) is 15.2. The van der Waals surface area contributed by atoms with Crippen LogP contribution in [0.25, 0.3) is 55.9 Å². The van der Waals surface area contributed by atoms with Gasteiger partial charge in [0, 0.05) is 75.2 Å². The maximum atomic E-state index is 13.5. The van der Waals surface area contributed by atoms with Gasteiger partial charge >= 0.3 is 42.6 Å². The van der Waals surface area contributed by atoms with Gasteiger partial charge in [-0.1, -0.05) is 124 Å². The summed E-state index contributed by atoms with van der Waals surface area (Å²) in [5, 5.41) is 19.8. The molecule has 6 aliphatic heterocycles. The summed E-state index contributed by atoms with van der Waals surface area (Å²) in [4.78, 5) is 128. The number of rotatable bonds is 27. The summed E-state index contributed by atoms with van der Waals surface area (Å²) in [5.41, 5.74) is 14.5. The third-order valence-corrected chi connectivity index (χ3v) is 21.3. The number of esters is 1. The molecule has 4 fully saturated rings. The first-order valence-corrected chi connectivity index (χ1v) is 38.8. The third-order valence-electron chi connectivity index (χ3n) is 21.3. The maximum absolute atomic E-state index is 13.5. The summed E-state index contributed by atoms with van der Waals surface area (Å²) >= 11 is 0. The number of carboxylic acid groups (broad SMARTS) is 1. The van der Waals surface area contributed by atoms with Gasteiger partial charge in [0.1, 0.15) is 29.8 Å². The van der Waals surface area contributed by atoms with Crippen molar-refractivity contribution in [1.82, 2.24) is 55.9 Å². The Morgan fingerprint density at radius 2 is 0.843 bits per heavy atom. The topological polar surface area (TPSA) is 334 Å². The Kier molecular flexibility index (Phi) is 30.2. The normalized spacial score (nSPS) is 18.9. The minimum Gasteiger partial charge on any atom is -0.481 e. The number of hydrogen-bond acceptors (Lipinski definition) is 17. The van der Waals surface area contributed by atoms with E-state index in [4.69, 9.17) is 19.6 Å². The summed E-state index contributed by atoms with van der Waals surface area (Å²) < 4.78 is 92.7. The number of hydrogen-bond donors (Lipinski definition) is 7. The van der Waals surface area contributed by atoms with Crippen molar-refractivity contribution in [2.45, 2.75) is 190 Å². The van der Waals surface area contributed by atoms with Gasteiger partial charge in [0.05, 0.1) is 82.7 Å². The molecule has 6 aliphatic rings. The summed E-state index contributed by atoms with van der Waals surface area (Å²) in [6, 6.07) is 30.4. The average Bonchev–Trinajstić information content (AvgIpc) is 1.69. The van der Waals surface area contributed by atoms with Crippen molar-refractivity contribution >= 4 is 70.5 Å². The van der Waals surface area contributed by atoms with Crippen LogP contribution in [0.1, 0.15) is 171 Å². The number of aromatic nitrogens is 4. The van der Waals surface area contributed by atoms with Gasteiger partial charge in [-0.2, -0.15) is 26.3 Å². The smallest absolute Gasteiger partial charge is 0.407 e. The molecule has 8 heterocycles. The fourth-order valence-electron chi connectivity index (χ4n) is 15.2. The number of benzene rings is 4. The molecular formula is C83H99F6N13O13. The van der Waals surface area contributed by atoms with Gasteiger partial charge in [-0.15, -0.1) is 0 Å². The van der Waals surface area contributed by atoms with Crippen molar-refractivity contribution in [2.24, 2.45) is 15.9 Å². The molecule has 6 amide bonds. The Labute approximate surface area is 662 Å². The van der Waals surface area contributed by atoms with E-state index in [1.54, 1.807) is 17.3 Å². The van der Waals surface area contributed by atoms with E-state index >= 15 is 0 Å². The van der Waals surface area contributed by atoms with E-state index in [1.807, 2.05) is 79.7 Å². The average molecular weight is 1600 g/mol. The first-order valence-electron chi connectivity index (χ1n) is 38.8. The van der Waals surface area contributed by atoms with Crippen molar-refractivity contribution in [2.75, 3.05) is 54.6 Å². The number of ether oxygens (including phenoxy) is 4. The number of imidazole rings is 2. The number of halogens is 6. The Bertz CT molecular complexity index is 4480. The van der Waals surface area contributed by atoms with Crippen LogP contribution < -0.4 is 21.3 Å². The zero-order chi connectivity index (χ0) is 82.5. The Balaban J connectivity index is 0.000000211. The summed E-state index contributed by atoms with van der Waals surface area (Å²) in [6.45, 7) is 6.62. The molecule has 26 nitrogen and oxygen atoms in total. The third kappa shape index (κ3) is 23.3. The molecule has 4 aromatic carbocycles. The van der Waals surface area contributed by atoms with E-state index in [-0.39, 0.29) is 29.9 Å². The number of methoxy groups -OCH3 is 4. The zero-order valence-electron chi connectivity index (χ0n) is 65.2. The molecule has 616 valence electrons. The van der Waals surface area contributed by atoms with Crippen LogP contribution in [-0.2, 0) is 42.9 Å². The van der Waals surface area contributed by atoms with Gasteiger partial charge in [0.25, 0.3) is 0 Å². The summed E-state index contributed by atoms with van der Waals surface area (Å²) in [7, 11) is 4.73. The van der Waals surface area contributed by atoms with E-state index in [0.717, 1.165) is 128 Å². The number of carbonyl (C=O) groups is 8. The molecule has 4 saturated heterocycles. The van der Waals surface area contributed by atoms with Gasteiger partial charge < -0.3 is 70.0 Å². The van der Waals surface area contributed by atoms with Gasteiger partial charge in [0.15, 0.2) is 0 Å². The monoisotopic (exact) mass is 1600 g/mol. The quantitative estimate of drug-likeness (QED) is 0.0143. The van der Waals surface area contributed by atoms with Crippen LogP contribution in [0.3, 0.4) is 0 Å². The summed E-state index contributed by atoms with van der Waals surface area (Å²) in [5.74, 6) is -2.95. The first kappa shape index (κ1) is 86.2. The molecule has 0 radical (unpaired) electrons. The van der Waals surface area contributed by atoms with Gasteiger partial charge in [-0.25, -0.2) is 24.4 Å². The zero-order valence-corrected chi connectivity index (χ0v) is 65.2. The van der Waals surface area contributed by atoms with Crippen LogP contribution in [0.15, 0.2) is 132 Å². The van der Waals surface area contributed by atoms with E-state index < -0.39 is 105 Å². The molecule has 32 heteroatoms. The minimum absolute atomic E-state index is 0.0916. The highest BCUT2D eigenvalue weighted by molar-refractivity contribution is 6.04. The number of allylic oxidation sites excluding steroid dienone is 2. The molecule has 6 aromatic rings. The molecule has 0 spiro atoms. The number of aliphatic carboxylic acids is 1. The molecule has 12 rings (SSSR count). The summed E-state index contributed by atoms with van der Waals surface area (Å²) in [6.07, 6.45) is 3.15. The number of nitrogens with zero attached hydrogens (tertiary/aromatic N) is 7. The van der Waals surface area contributed by atoms with Crippen LogP contribution in [0, 0.1) is 5.92 Å². The predicted molar refractivity (Wildman–Crippen MR) is 418 cm³/mol. The second kappa shape index (κ2) is 40.2. The largest absolute Gasteiger partial charge is 0.481 e. The number of H-pyrrole nitrogens is 2. The van der Waals surface area contributed by atoms with E-state index in [0.29, 0.717) is 63.6 Å². The van der Waals surface area contributed by atoms with Gasteiger partial charge in [-0.3, -0.25) is 34.0 Å². The van der Waals surface area contributed by atoms with Crippen LogP contribution in [0.4, 0.5) is 40.7 Å². The number of carbonyl (C=O) groups excluding carboxylic acids is 7. The number of aliphatic imine (C=N–C) groups is 2. The number of alkyl carbamates (subject to hydrolysis) is 3. The lowest BCUT2D eigenvalue weighted by atomic mass is 9.96. The second-order valence-electron chi connectivity index (χ2n) is 29.1. The Morgan fingerprint density at radius 1 is 0.478 bits per heavy atom. The van der Waals surface area contributed by atoms with Crippen LogP contribution in [0.5, 0.6) is 0 Å². The van der Waals surface area contributed by atoms with Crippen LogP contribution in [-0.4, -0.2) is 196 Å². The first-order chi connectivity index (χ1) is 55.2. The number of nitrogens with one attached hydrogen (secondary N) is 6. The molecule has 2 aromatic heterocycles. The molecule has 0 bridgehead atoms. The van der Waals surface area contributed by atoms with Crippen molar-refractivity contribution in [3.05, 3.63) is 145 Å². The number of carboxylic acids is 1. The van der Waals surface area contributed by atoms with E-state index in [9.17, 15) is 64.7 Å². The predicted octanol–water partition coefficient (Wildman–Crippen LogP) is 14.6. The molecule has 115 heavy (non-hydrogen) atoms. The van der Waals surface area contributed by atoms with Gasteiger partial charge in [0.2, 0.25) is 17.7 Å². The van der Waals surface area contributed by atoms with Gasteiger partial charge in [-0.05, 0) is 139 Å². The highest BCUT2D eigenvalue weighted by atomic mass is 19.4. The lowest BCUT2D eigenvalue weighted by Crippen LogP contribution is -2.51. The van der Waals surface area contributed by atoms with Crippen LogP contribution in [0.2, 0.25) is 0 Å². The highest BCUT2D eigenvalue weighted by Crippen LogP contribution is 2.38. The number of amides is 6. The number of alkyl halides is 6. The molecular weight excluding hydrogens is 1500 g/mol. The van der Waals surface area contributed by atoms with Crippen molar-refractivity contribution in [3.63, 3.8) is 0 Å². The van der Waals surface area contributed by atoms with Crippen molar-refractivity contribution in [1.29, 1.82) is 0 Å². The Morgan fingerprint density at radius 3 is 1.22 bits per heavy atom. The SMILES string of the molecule is CCC[C@H](NC(=O)OC)C(=O)N1CCC[C@H]1c1ncc(-c2ccc(-c3ccc(C4=CN=C([C@@H]5CCCN5)C4)cc3)cc2)[nH]1.CCC[C@H](NC(=O)OC)C(=O)N1CCC[C@H]1c1ncc(-c2ccc(-c3ccc(C4=CN=C([C@@H]5CCCN5C(=O)[C@H](CCC(F)(F)F)NC(=O)OC)C4)cc3)cc2)[nH]1.COC(=O)CC(CCC(F)(F)F)C(=O)O.